The molecule has 1 aromatic rings. The van der Waals surface area contributed by atoms with Gasteiger partial charge in [-0.1, -0.05) is 6.07 Å². The molecule has 1 unspecified atom stereocenters. The maximum absolute atomic E-state index is 13.3. The van der Waals surface area contributed by atoms with E-state index < -0.39 is 0 Å². The standard InChI is InChI=1S/C18H25FN2O2/c19-17-5-1-4-16(13-17)18(22)21-7-2-3-15(6-8-21)14-20-9-11-23-12-10-20/h1,4-5,13,15H,2-3,6-12,14H2. The molecular formula is C18H25FN2O2. The maximum Gasteiger partial charge on any atom is 0.253 e. The molecule has 0 aliphatic carbocycles. The zero-order valence-electron chi connectivity index (χ0n) is 13.5. The summed E-state index contributed by atoms with van der Waals surface area (Å²) in [6.45, 7) is 6.34. The van der Waals surface area contributed by atoms with E-state index in [2.05, 4.69) is 4.90 Å². The van der Waals surface area contributed by atoms with Crippen LogP contribution in [0.15, 0.2) is 24.3 Å². The SMILES string of the molecule is O=C(c1cccc(F)c1)N1CCCC(CN2CCOCC2)CC1. The highest BCUT2D eigenvalue weighted by Gasteiger charge is 2.23. The fraction of sp³-hybridized carbons (Fsp3) is 0.611. The van der Waals surface area contributed by atoms with Crippen LogP contribution in [0.2, 0.25) is 0 Å². The van der Waals surface area contributed by atoms with Crippen molar-refractivity contribution in [2.75, 3.05) is 45.9 Å². The Labute approximate surface area is 137 Å². The molecule has 3 rings (SSSR count). The molecule has 0 bridgehead atoms. The van der Waals surface area contributed by atoms with Gasteiger partial charge in [0.2, 0.25) is 0 Å². The zero-order chi connectivity index (χ0) is 16.1. The van der Waals surface area contributed by atoms with Gasteiger partial charge in [0.25, 0.3) is 5.91 Å². The molecule has 23 heavy (non-hydrogen) atoms. The van der Waals surface area contributed by atoms with Crippen LogP contribution in [0.3, 0.4) is 0 Å². The van der Waals surface area contributed by atoms with Gasteiger partial charge >= 0.3 is 0 Å². The quantitative estimate of drug-likeness (QED) is 0.857. The number of morpholine rings is 1. The highest BCUT2D eigenvalue weighted by Crippen LogP contribution is 2.21. The summed E-state index contributed by atoms with van der Waals surface area (Å²) in [5.41, 5.74) is 0.455. The van der Waals surface area contributed by atoms with Gasteiger partial charge in [0.05, 0.1) is 13.2 Å². The molecule has 2 aliphatic heterocycles. The van der Waals surface area contributed by atoms with Crippen LogP contribution in [0.4, 0.5) is 4.39 Å². The Morgan fingerprint density at radius 2 is 2.00 bits per heavy atom. The topological polar surface area (TPSA) is 32.8 Å². The third-order valence-corrected chi connectivity index (χ3v) is 4.83. The highest BCUT2D eigenvalue weighted by molar-refractivity contribution is 5.94. The zero-order valence-corrected chi connectivity index (χ0v) is 13.5. The molecule has 1 atom stereocenters. The summed E-state index contributed by atoms with van der Waals surface area (Å²) >= 11 is 0. The van der Waals surface area contributed by atoms with Gasteiger partial charge in [-0.15, -0.1) is 0 Å². The van der Waals surface area contributed by atoms with Gasteiger partial charge in [0, 0.05) is 38.3 Å². The lowest BCUT2D eigenvalue weighted by atomic mass is 10.00. The number of carbonyl (C=O) groups excluding carboxylic acids is 1. The molecule has 1 amide bonds. The summed E-state index contributed by atoms with van der Waals surface area (Å²) in [5.74, 6) is 0.241. The molecular weight excluding hydrogens is 295 g/mol. The Morgan fingerprint density at radius 3 is 2.78 bits per heavy atom. The van der Waals surface area contributed by atoms with Crippen molar-refractivity contribution < 1.29 is 13.9 Å². The van der Waals surface area contributed by atoms with E-state index in [1.165, 1.54) is 12.1 Å². The van der Waals surface area contributed by atoms with E-state index in [-0.39, 0.29) is 11.7 Å². The van der Waals surface area contributed by atoms with Gasteiger partial charge in [-0.25, -0.2) is 4.39 Å². The van der Waals surface area contributed by atoms with Gasteiger partial charge in [-0.3, -0.25) is 9.69 Å². The van der Waals surface area contributed by atoms with Crippen molar-refractivity contribution in [1.82, 2.24) is 9.80 Å². The normalized spacial score (nSPS) is 23.5. The second-order valence-corrected chi connectivity index (χ2v) is 6.51. The lowest BCUT2D eigenvalue weighted by molar-refractivity contribution is 0.0296. The number of halogens is 1. The molecule has 2 aliphatic rings. The van der Waals surface area contributed by atoms with Crippen LogP contribution >= 0.6 is 0 Å². The minimum atomic E-state index is -0.351. The highest BCUT2D eigenvalue weighted by atomic mass is 19.1. The average Bonchev–Trinajstić information content (AvgIpc) is 2.81. The minimum Gasteiger partial charge on any atom is -0.379 e. The summed E-state index contributed by atoms with van der Waals surface area (Å²) in [5, 5.41) is 0. The predicted molar refractivity (Wildman–Crippen MR) is 86.9 cm³/mol. The van der Waals surface area contributed by atoms with Crippen molar-refractivity contribution >= 4 is 5.91 Å². The summed E-state index contributed by atoms with van der Waals surface area (Å²) in [6, 6.07) is 6.00. The number of hydrogen-bond donors (Lipinski definition) is 0. The Kier molecular flexibility index (Phi) is 5.62. The molecule has 2 saturated heterocycles. The van der Waals surface area contributed by atoms with Gasteiger partial charge in [-0.2, -0.15) is 0 Å². The molecule has 4 nitrogen and oxygen atoms in total. The largest absolute Gasteiger partial charge is 0.379 e. The van der Waals surface area contributed by atoms with Crippen molar-refractivity contribution in [1.29, 1.82) is 0 Å². The Hall–Kier alpha value is -1.46. The minimum absolute atomic E-state index is 0.0449. The molecule has 0 spiro atoms. The van der Waals surface area contributed by atoms with E-state index in [0.29, 0.717) is 11.5 Å². The summed E-state index contributed by atoms with van der Waals surface area (Å²) in [4.78, 5) is 16.9. The number of likely N-dealkylation sites (tertiary alicyclic amines) is 1. The van der Waals surface area contributed by atoms with Crippen LogP contribution < -0.4 is 0 Å². The van der Waals surface area contributed by atoms with Crippen LogP contribution in [0.25, 0.3) is 0 Å². The van der Waals surface area contributed by atoms with Crippen LogP contribution in [0.5, 0.6) is 0 Å². The van der Waals surface area contributed by atoms with Gasteiger partial charge in [0.15, 0.2) is 0 Å². The van der Waals surface area contributed by atoms with E-state index >= 15 is 0 Å². The van der Waals surface area contributed by atoms with Crippen molar-refractivity contribution in [3.05, 3.63) is 35.6 Å². The number of carbonyl (C=O) groups is 1. The number of hydrogen-bond acceptors (Lipinski definition) is 3. The van der Waals surface area contributed by atoms with E-state index in [1.54, 1.807) is 12.1 Å². The second-order valence-electron chi connectivity index (χ2n) is 6.51. The summed E-state index contributed by atoms with van der Waals surface area (Å²) in [7, 11) is 0. The van der Waals surface area contributed by atoms with E-state index in [9.17, 15) is 9.18 Å². The first-order valence-electron chi connectivity index (χ1n) is 8.57. The molecule has 2 heterocycles. The second kappa shape index (κ2) is 7.88. The molecule has 0 aromatic heterocycles. The number of rotatable bonds is 3. The van der Waals surface area contributed by atoms with Gasteiger partial charge in [0.1, 0.15) is 5.82 Å². The summed E-state index contributed by atoms with van der Waals surface area (Å²) in [6.07, 6.45) is 3.21. The third-order valence-electron chi connectivity index (χ3n) is 4.83. The van der Waals surface area contributed by atoms with Gasteiger partial charge in [-0.05, 0) is 43.4 Å². The Balaban J connectivity index is 1.54. The van der Waals surface area contributed by atoms with Crippen molar-refractivity contribution in [3.8, 4) is 0 Å². The monoisotopic (exact) mass is 320 g/mol. The van der Waals surface area contributed by atoms with E-state index in [4.69, 9.17) is 4.74 Å². The van der Waals surface area contributed by atoms with Gasteiger partial charge < -0.3 is 9.64 Å². The molecule has 0 saturated carbocycles. The van der Waals surface area contributed by atoms with Crippen LogP contribution in [0.1, 0.15) is 29.6 Å². The lowest BCUT2D eigenvalue weighted by Gasteiger charge is -2.30. The van der Waals surface area contributed by atoms with Crippen molar-refractivity contribution in [2.24, 2.45) is 5.92 Å². The molecule has 0 radical (unpaired) electrons. The third kappa shape index (κ3) is 4.52. The molecule has 2 fully saturated rings. The number of amides is 1. The molecule has 5 heteroatoms. The Bertz CT molecular complexity index is 532. The van der Waals surface area contributed by atoms with E-state index in [0.717, 1.165) is 65.2 Å². The summed E-state index contributed by atoms with van der Waals surface area (Å²) < 4.78 is 18.7. The molecule has 1 aromatic carbocycles. The maximum atomic E-state index is 13.3. The average molecular weight is 320 g/mol. The predicted octanol–water partition coefficient (Wildman–Crippen LogP) is 2.40. The molecule has 126 valence electrons. The number of ether oxygens (including phenoxy) is 1. The van der Waals surface area contributed by atoms with Crippen LogP contribution in [-0.2, 0) is 4.74 Å². The van der Waals surface area contributed by atoms with Crippen LogP contribution in [0, 0.1) is 11.7 Å². The number of benzene rings is 1. The first kappa shape index (κ1) is 16.4. The Morgan fingerprint density at radius 1 is 1.17 bits per heavy atom. The molecule has 0 N–H and O–H groups in total. The van der Waals surface area contributed by atoms with Crippen LogP contribution in [-0.4, -0.2) is 61.6 Å². The van der Waals surface area contributed by atoms with E-state index in [1.807, 2.05) is 4.90 Å². The first-order chi connectivity index (χ1) is 11.2. The van der Waals surface area contributed by atoms with Crippen molar-refractivity contribution in [3.63, 3.8) is 0 Å². The number of nitrogens with zero attached hydrogens (tertiary/aromatic N) is 2. The first-order valence-corrected chi connectivity index (χ1v) is 8.57. The lowest BCUT2D eigenvalue weighted by Crippen LogP contribution is -2.39. The fourth-order valence-corrected chi connectivity index (χ4v) is 3.50. The fourth-order valence-electron chi connectivity index (χ4n) is 3.50. The smallest absolute Gasteiger partial charge is 0.253 e. The van der Waals surface area contributed by atoms with Crippen molar-refractivity contribution in [2.45, 2.75) is 19.3 Å².